The van der Waals surface area contributed by atoms with Crippen LogP contribution in [0.5, 0.6) is 0 Å². The van der Waals surface area contributed by atoms with Crippen molar-refractivity contribution in [3.05, 3.63) is 21.9 Å². The van der Waals surface area contributed by atoms with Gasteiger partial charge in [0.05, 0.1) is 6.54 Å². The zero-order valence-electron chi connectivity index (χ0n) is 14.6. The van der Waals surface area contributed by atoms with Crippen molar-refractivity contribution in [1.29, 1.82) is 0 Å². The van der Waals surface area contributed by atoms with Gasteiger partial charge in [-0.05, 0) is 50.4 Å². The topological polar surface area (TPSA) is 39.7 Å². The minimum atomic E-state index is 0. The average Bonchev–Trinajstić information content (AvgIpc) is 3.18. The molecule has 2 heterocycles. The summed E-state index contributed by atoms with van der Waals surface area (Å²) in [6.45, 7) is 10.1. The molecule has 1 atom stereocenters. The molecule has 132 valence electrons. The van der Waals surface area contributed by atoms with Crippen LogP contribution in [-0.4, -0.2) is 44.1 Å². The van der Waals surface area contributed by atoms with Gasteiger partial charge in [0, 0.05) is 29.9 Å². The Morgan fingerprint density at radius 3 is 2.57 bits per heavy atom. The highest BCUT2D eigenvalue weighted by Gasteiger charge is 2.14. The van der Waals surface area contributed by atoms with Crippen molar-refractivity contribution in [2.45, 2.75) is 39.7 Å². The third kappa shape index (κ3) is 7.39. The van der Waals surface area contributed by atoms with Gasteiger partial charge in [-0.2, -0.15) is 0 Å². The maximum absolute atomic E-state index is 4.32. The molecule has 0 radical (unpaired) electrons. The van der Waals surface area contributed by atoms with Crippen LogP contribution in [0.15, 0.2) is 17.1 Å². The SMILES string of the molecule is CCc1ccc(CNC(=NC)NCC(C)CN2CCCC2)s1.I. The molecule has 0 amide bonds. The molecule has 1 aromatic heterocycles. The average molecular weight is 450 g/mol. The molecule has 0 aliphatic carbocycles. The van der Waals surface area contributed by atoms with E-state index < -0.39 is 0 Å². The van der Waals surface area contributed by atoms with E-state index >= 15 is 0 Å². The maximum atomic E-state index is 4.32. The van der Waals surface area contributed by atoms with Crippen molar-refractivity contribution in [2.24, 2.45) is 10.9 Å². The summed E-state index contributed by atoms with van der Waals surface area (Å²) in [5.74, 6) is 1.55. The largest absolute Gasteiger partial charge is 0.356 e. The first-order valence-corrected chi connectivity index (χ1v) is 9.27. The summed E-state index contributed by atoms with van der Waals surface area (Å²) in [4.78, 5) is 9.70. The standard InChI is InChI=1S/C17H30N4S.HI/c1-4-15-7-8-16(22-15)12-20-17(18-3)19-11-14(2)13-21-9-5-6-10-21;/h7-8,14H,4-6,9-13H2,1-3H3,(H2,18,19,20);1H. The number of likely N-dealkylation sites (tertiary alicyclic amines) is 1. The van der Waals surface area contributed by atoms with Gasteiger partial charge in [-0.3, -0.25) is 4.99 Å². The summed E-state index contributed by atoms with van der Waals surface area (Å²) >= 11 is 1.88. The zero-order chi connectivity index (χ0) is 15.8. The lowest BCUT2D eigenvalue weighted by molar-refractivity contribution is 0.287. The molecule has 1 aromatic rings. The van der Waals surface area contributed by atoms with Crippen LogP contribution in [0.2, 0.25) is 0 Å². The first kappa shape index (κ1) is 20.7. The van der Waals surface area contributed by atoms with E-state index in [1.807, 2.05) is 18.4 Å². The summed E-state index contributed by atoms with van der Waals surface area (Å²) in [6, 6.07) is 4.43. The van der Waals surface area contributed by atoms with Crippen molar-refractivity contribution in [2.75, 3.05) is 33.2 Å². The van der Waals surface area contributed by atoms with Crippen molar-refractivity contribution in [1.82, 2.24) is 15.5 Å². The molecular formula is C17H31IN4S. The molecule has 1 unspecified atom stereocenters. The number of aryl methyl sites for hydroxylation is 1. The zero-order valence-corrected chi connectivity index (χ0v) is 17.7. The second-order valence-electron chi connectivity index (χ2n) is 6.14. The van der Waals surface area contributed by atoms with Crippen molar-refractivity contribution < 1.29 is 0 Å². The fraction of sp³-hybridized carbons (Fsp3) is 0.706. The summed E-state index contributed by atoms with van der Waals surface area (Å²) < 4.78 is 0. The van der Waals surface area contributed by atoms with Crippen LogP contribution in [0.1, 0.15) is 36.4 Å². The number of thiophene rings is 1. The van der Waals surface area contributed by atoms with Crippen LogP contribution in [0.25, 0.3) is 0 Å². The Bertz CT molecular complexity index is 469. The molecule has 2 N–H and O–H groups in total. The molecule has 1 aliphatic rings. The van der Waals surface area contributed by atoms with E-state index in [4.69, 9.17) is 0 Å². The maximum Gasteiger partial charge on any atom is 0.191 e. The van der Waals surface area contributed by atoms with Crippen LogP contribution in [0, 0.1) is 5.92 Å². The van der Waals surface area contributed by atoms with Crippen molar-refractivity contribution >= 4 is 41.3 Å². The fourth-order valence-corrected chi connectivity index (χ4v) is 3.74. The minimum absolute atomic E-state index is 0. The van der Waals surface area contributed by atoms with E-state index in [-0.39, 0.29) is 24.0 Å². The number of halogens is 1. The number of rotatable bonds is 7. The van der Waals surface area contributed by atoms with Gasteiger partial charge in [0.25, 0.3) is 0 Å². The Kier molecular flexibility index (Phi) is 10.1. The van der Waals surface area contributed by atoms with Crippen molar-refractivity contribution in [3.63, 3.8) is 0 Å². The van der Waals surface area contributed by atoms with Gasteiger partial charge >= 0.3 is 0 Å². The molecule has 1 saturated heterocycles. The van der Waals surface area contributed by atoms with Crippen LogP contribution in [-0.2, 0) is 13.0 Å². The fourth-order valence-electron chi connectivity index (χ4n) is 2.84. The summed E-state index contributed by atoms with van der Waals surface area (Å²) in [5.41, 5.74) is 0. The number of nitrogens with one attached hydrogen (secondary N) is 2. The van der Waals surface area contributed by atoms with E-state index in [0.29, 0.717) is 5.92 Å². The Labute approximate surface area is 162 Å². The van der Waals surface area contributed by atoms with Gasteiger partial charge in [0.15, 0.2) is 5.96 Å². The molecule has 23 heavy (non-hydrogen) atoms. The summed E-state index contributed by atoms with van der Waals surface area (Å²) in [5, 5.41) is 6.86. The van der Waals surface area contributed by atoms with Gasteiger partial charge in [-0.1, -0.05) is 13.8 Å². The van der Waals surface area contributed by atoms with Gasteiger partial charge in [0.1, 0.15) is 0 Å². The van der Waals surface area contributed by atoms with Crippen LogP contribution in [0.4, 0.5) is 0 Å². The first-order chi connectivity index (χ1) is 10.7. The quantitative estimate of drug-likeness (QED) is 0.381. The summed E-state index contributed by atoms with van der Waals surface area (Å²) in [6.07, 6.45) is 3.85. The van der Waals surface area contributed by atoms with E-state index in [1.165, 1.54) is 42.2 Å². The smallest absolute Gasteiger partial charge is 0.191 e. The van der Waals surface area contributed by atoms with E-state index in [0.717, 1.165) is 25.5 Å². The highest BCUT2D eigenvalue weighted by Crippen LogP contribution is 2.16. The second-order valence-corrected chi connectivity index (χ2v) is 7.39. The highest BCUT2D eigenvalue weighted by atomic mass is 127. The normalized spacial score (nSPS) is 16.9. The number of hydrogen-bond acceptors (Lipinski definition) is 3. The molecule has 6 heteroatoms. The molecule has 0 spiro atoms. The lowest BCUT2D eigenvalue weighted by Gasteiger charge is -2.21. The molecule has 1 fully saturated rings. The lowest BCUT2D eigenvalue weighted by Crippen LogP contribution is -2.40. The monoisotopic (exact) mass is 450 g/mol. The Morgan fingerprint density at radius 2 is 1.96 bits per heavy atom. The molecule has 1 aliphatic heterocycles. The van der Waals surface area contributed by atoms with Crippen LogP contribution < -0.4 is 10.6 Å². The molecule has 2 rings (SSSR count). The third-order valence-corrected chi connectivity index (χ3v) is 5.34. The van der Waals surface area contributed by atoms with Gasteiger partial charge in [-0.15, -0.1) is 35.3 Å². The van der Waals surface area contributed by atoms with E-state index in [1.54, 1.807) is 0 Å². The highest BCUT2D eigenvalue weighted by molar-refractivity contribution is 14.0. The number of nitrogens with zero attached hydrogens (tertiary/aromatic N) is 2. The van der Waals surface area contributed by atoms with E-state index in [9.17, 15) is 0 Å². The van der Waals surface area contributed by atoms with Gasteiger partial charge in [-0.25, -0.2) is 0 Å². The Balaban J connectivity index is 0.00000264. The van der Waals surface area contributed by atoms with Crippen LogP contribution in [0.3, 0.4) is 0 Å². The molecular weight excluding hydrogens is 419 g/mol. The number of hydrogen-bond donors (Lipinski definition) is 2. The third-order valence-electron chi connectivity index (χ3n) is 4.11. The molecule has 0 saturated carbocycles. The number of aliphatic imine (C=N–C) groups is 1. The minimum Gasteiger partial charge on any atom is -0.356 e. The predicted octanol–water partition coefficient (Wildman–Crippen LogP) is 3.33. The second kappa shape index (κ2) is 11.3. The predicted molar refractivity (Wildman–Crippen MR) is 112 cm³/mol. The number of guanidine groups is 1. The summed E-state index contributed by atoms with van der Waals surface area (Å²) in [7, 11) is 1.84. The van der Waals surface area contributed by atoms with Gasteiger partial charge < -0.3 is 15.5 Å². The van der Waals surface area contributed by atoms with Crippen LogP contribution >= 0.6 is 35.3 Å². The Morgan fingerprint density at radius 1 is 1.26 bits per heavy atom. The van der Waals surface area contributed by atoms with Crippen molar-refractivity contribution in [3.8, 4) is 0 Å². The molecule has 0 aromatic carbocycles. The molecule has 0 bridgehead atoms. The molecule has 4 nitrogen and oxygen atoms in total. The lowest BCUT2D eigenvalue weighted by atomic mass is 10.1. The first-order valence-electron chi connectivity index (χ1n) is 8.45. The van der Waals surface area contributed by atoms with E-state index in [2.05, 4.69) is 46.5 Å². The van der Waals surface area contributed by atoms with Gasteiger partial charge in [0.2, 0.25) is 0 Å². The Hall–Kier alpha value is -0.340.